The van der Waals surface area contributed by atoms with Gasteiger partial charge in [0.15, 0.2) is 0 Å². The highest BCUT2D eigenvalue weighted by atomic mass is 16.4. The van der Waals surface area contributed by atoms with Crippen molar-refractivity contribution in [2.45, 2.75) is 32.7 Å². The Morgan fingerprint density at radius 1 is 1.20 bits per heavy atom. The van der Waals surface area contributed by atoms with Crippen molar-refractivity contribution in [2.75, 3.05) is 13.1 Å². The van der Waals surface area contributed by atoms with Crippen molar-refractivity contribution in [3.8, 4) is 0 Å². The van der Waals surface area contributed by atoms with Crippen LogP contribution in [0.3, 0.4) is 0 Å². The fraction of sp³-hybridized carbons (Fsp3) is 0.467. The van der Waals surface area contributed by atoms with E-state index in [1.807, 2.05) is 26.0 Å². The number of rotatable bonds is 8. The van der Waals surface area contributed by atoms with E-state index in [0.717, 1.165) is 5.56 Å². The van der Waals surface area contributed by atoms with E-state index in [2.05, 4.69) is 10.6 Å². The number of carbonyl (C=O) groups is 2. The molecular weight excluding hydrogens is 256 g/mol. The molecule has 1 rings (SSSR count). The first kappa shape index (κ1) is 16.2. The Kier molecular flexibility index (Phi) is 6.73. The van der Waals surface area contributed by atoms with Crippen LogP contribution < -0.4 is 10.6 Å². The number of nitrogens with one attached hydrogen (secondary N) is 2. The van der Waals surface area contributed by atoms with E-state index < -0.39 is 5.97 Å². The Balaban J connectivity index is 2.19. The molecule has 5 nitrogen and oxygen atoms in total. The molecule has 1 atom stereocenters. The molecule has 5 heteroatoms. The number of aliphatic carboxylic acids is 1. The molecule has 0 radical (unpaired) electrons. The summed E-state index contributed by atoms with van der Waals surface area (Å²) in [4.78, 5) is 22.2. The summed E-state index contributed by atoms with van der Waals surface area (Å²) in [7, 11) is 0. The van der Waals surface area contributed by atoms with Crippen molar-refractivity contribution in [1.82, 2.24) is 10.6 Å². The zero-order valence-corrected chi connectivity index (χ0v) is 12.0. The molecule has 0 saturated heterocycles. The fourth-order valence-electron chi connectivity index (χ4n) is 1.74. The van der Waals surface area contributed by atoms with Gasteiger partial charge in [0.2, 0.25) is 0 Å². The minimum absolute atomic E-state index is 0.0926. The standard InChI is InChI=1S/C15H22N2O3/c1-11-3-6-13(7-4-11)15(20)17-10-9-16-12(2)5-8-14(18)19/h3-4,6-7,12,16H,5,8-10H2,1-2H3,(H,17,20)(H,18,19). The molecule has 0 aliphatic heterocycles. The van der Waals surface area contributed by atoms with Crippen LogP contribution in [-0.2, 0) is 4.79 Å². The summed E-state index contributed by atoms with van der Waals surface area (Å²) in [6.45, 7) is 5.05. The van der Waals surface area contributed by atoms with Gasteiger partial charge in [0, 0.05) is 31.1 Å². The van der Waals surface area contributed by atoms with Crippen molar-refractivity contribution in [1.29, 1.82) is 0 Å². The molecular formula is C15H22N2O3. The van der Waals surface area contributed by atoms with Gasteiger partial charge in [-0.15, -0.1) is 0 Å². The lowest BCUT2D eigenvalue weighted by atomic mass is 10.1. The maximum absolute atomic E-state index is 11.8. The van der Waals surface area contributed by atoms with Gasteiger partial charge in [-0.2, -0.15) is 0 Å². The van der Waals surface area contributed by atoms with Crippen LogP contribution in [0.4, 0.5) is 0 Å². The van der Waals surface area contributed by atoms with E-state index in [-0.39, 0.29) is 18.4 Å². The van der Waals surface area contributed by atoms with Crippen LogP contribution >= 0.6 is 0 Å². The molecule has 0 heterocycles. The Bertz CT molecular complexity index is 443. The van der Waals surface area contributed by atoms with Gasteiger partial charge >= 0.3 is 5.97 Å². The maximum Gasteiger partial charge on any atom is 0.303 e. The molecule has 0 fully saturated rings. The fourth-order valence-corrected chi connectivity index (χ4v) is 1.74. The normalized spacial score (nSPS) is 11.9. The molecule has 1 aromatic rings. The van der Waals surface area contributed by atoms with E-state index in [1.54, 1.807) is 12.1 Å². The Labute approximate surface area is 119 Å². The van der Waals surface area contributed by atoms with Crippen LogP contribution in [0.2, 0.25) is 0 Å². The molecule has 0 saturated carbocycles. The van der Waals surface area contributed by atoms with Crippen molar-refractivity contribution in [2.24, 2.45) is 0 Å². The second kappa shape index (κ2) is 8.32. The van der Waals surface area contributed by atoms with Gasteiger partial charge in [-0.1, -0.05) is 17.7 Å². The third kappa shape index (κ3) is 6.33. The highest BCUT2D eigenvalue weighted by Crippen LogP contribution is 2.02. The molecule has 20 heavy (non-hydrogen) atoms. The number of hydrogen-bond acceptors (Lipinski definition) is 3. The van der Waals surface area contributed by atoms with E-state index in [9.17, 15) is 9.59 Å². The predicted octanol–water partition coefficient (Wildman–Crippen LogP) is 1.57. The van der Waals surface area contributed by atoms with Crippen molar-refractivity contribution < 1.29 is 14.7 Å². The highest BCUT2D eigenvalue weighted by Gasteiger charge is 2.06. The van der Waals surface area contributed by atoms with E-state index in [1.165, 1.54) is 0 Å². The van der Waals surface area contributed by atoms with Gasteiger partial charge < -0.3 is 15.7 Å². The van der Waals surface area contributed by atoms with E-state index in [4.69, 9.17) is 5.11 Å². The molecule has 0 aliphatic carbocycles. The Morgan fingerprint density at radius 2 is 1.85 bits per heavy atom. The summed E-state index contributed by atoms with van der Waals surface area (Å²) in [5, 5.41) is 14.6. The highest BCUT2D eigenvalue weighted by molar-refractivity contribution is 5.94. The molecule has 0 bridgehead atoms. The second-order valence-electron chi connectivity index (χ2n) is 4.91. The average molecular weight is 278 g/mol. The quantitative estimate of drug-likeness (QED) is 0.631. The number of benzene rings is 1. The summed E-state index contributed by atoms with van der Waals surface area (Å²) in [6.07, 6.45) is 0.741. The van der Waals surface area contributed by atoms with Gasteiger partial charge in [-0.25, -0.2) is 0 Å². The summed E-state index contributed by atoms with van der Waals surface area (Å²) in [6, 6.07) is 7.53. The number of carboxylic acids is 1. The molecule has 0 aromatic heterocycles. The molecule has 0 spiro atoms. The van der Waals surface area contributed by atoms with E-state index >= 15 is 0 Å². The van der Waals surface area contributed by atoms with E-state index in [0.29, 0.717) is 25.1 Å². The number of carbonyl (C=O) groups excluding carboxylic acids is 1. The Morgan fingerprint density at radius 3 is 2.45 bits per heavy atom. The van der Waals surface area contributed by atoms with Crippen LogP contribution in [-0.4, -0.2) is 36.1 Å². The largest absolute Gasteiger partial charge is 0.481 e. The monoisotopic (exact) mass is 278 g/mol. The van der Waals surface area contributed by atoms with Crippen LogP contribution in [0.1, 0.15) is 35.7 Å². The minimum atomic E-state index is -0.786. The lowest BCUT2D eigenvalue weighted by Crippen LogP contribution is -2.36. The third-order valence-electron chi connectivity index (χ3n) is 3.01. The zero-order valence-electron chi connectivity index (χ0n) is 12.0. The van der Waals surface area contributed by atoms with Crippen molar-refractivity contribution >= 4 is 11.9 Å². The molecule has 3 N–H and O–H groups in total. The average Bonchev–Trinajstić information content (AvgIpc) is 2.42. The van der Waals surface area contributed by atoms with Crippen molar-refractivity contribution in [3.63, 3.8) is 0 Å². The zero-order chi connectivity index (χ0) is 15.0. The topological polar surface area (TPSA) is 78.4 Å². The third-order valence-corrected chi connectivity index (χ3v) is 3.01. The van der Waals surface area contributed by atoms with Gasteiger partial charge in [0.05, 0.1) is 0 Å². The van der Waals surface area contributed by atoms with Gasteiger partial charge in [-0.3, -0.25) is 9.59 Å². The van der Waals surface area contributed by atoms with Crippen molar-refractivity contribution in [3.05, 3.63) is 35.4 Å². The number of carboxylic acid groups (broad SMARTS) is 1. The lowest BCUT2D eigenvalue weighted by Gasteiger charge is -2.13. The lowest BCUT2D eigenvalue weighted by molar-refractivity contribution is -0.137. The van der Waals surface area contributed by atoms with Gasteiger partial charge in [-0.05, 0) is 32.4 Å². The van der Waals surface area contributed by atoms with Crippen LogP contribution in [0, 0.1) is 6.92 Å². The summed E-state index contributed by atoms with van der Waals surface area (Å²) >= 11 is 0. The summed E-state index contributed by atoms with van der Waals surface area (Å²) in [5.74, 6) is -0.878. The van der Waals surface area contributed by atoms with Gasteiger partial charge in [0.1, 0.15) is 0 Å². The SMILES string of the molecule is Cc1ccc(C(=O)NCCNC(C)CCC(=O)O)cc1. The first-order chi connectivity index (χ1) is 9.49. The molecule has 110 valence electrons. The Hall–Kier alpha value is -1.88. The molecule has 1 amide bonds. The van der Waals surface area contributed by atoms with Gasteiger partial charge in [0.25, 0.3) is 5.91 Å². The molecule has 0 aliphatic rings. The van der Waals surface area contributed by atoms with Crippen LogP contribution in [0.15, 0.2) is 24.3 Å². The second-order valence-corrected chi connectivity index (χ2v) is 4.91. The predicted molar refractivity (Wildman–Crippen MR) is 77.8 cm³/mol. The first-order valence-corrected chi connectivity index (χ1v) is 6.79. The number of aryl methyl sites for hydroxylation is 1. The number of hydrogen-bond donors (Lipinski definition) is 3. The molecule has 1 aromatic carbocycles. The number of amides is 1. The minimum Gasteiger partial charge on any atom is -0.481 e. The first-order valence-electron chi connectivity index (χ1n) is 6.79. The summed E-state index contributed by atoms with van der Waals surface area (Å²) < 4.78 is 0. The summed E-state index contributed by atoms with van der Waals surface area (Å²) in [5.41, 5.74) is 1.77. The van der Waals surface area contributed by atoms with Crippen LogP contribution in [0.5, 0.6) is 0 Å². The van der Waals surface area contributed by atoms with Crippen LogP contribution in [0.25, 0.3) is 0 Å². The molecule has 1 unspecified atom stereocenters. The smallest absolute Gasteiger partial charge is 0.303 e. The maximum atomic E-state index is 11.8.